The van der Waals surface area contributed by atoms with E-state index in [0.717, 1.165) is 25.0 Å². The Labute approximate surface area is 122 Å². The molecule has 0 amide bonds. The van der Waals surface area contributed by atoms with Gasteiger partial charge < -0.3 is 15.2 Å². The van der Waals surface area contributed by atoms with Crippen molar-refractivity contribution in [1.29, 1.82) is 0 Å². The lowest BCUT2D eigenvalue weighted by atomic mass is 9.99. The van der Waals surface area contributed by atoms with E-state index in [2.05, 4.69) is 10.1 Å². The van der Waals surface area contributed by atoms with Crippen LogP contribution in [-0.4, -0.2) is 15.1 Å². The van der Waals surface area contributed by atoms with Crippen LogP contribution in [0.1, 0.15) is 37.2 Å². The summed E-state index contributed by atoms with van der Waals surface area (Å²) in [5, 5.41) is 3.77. The molecule has 118 valence electrons. The molecule has 0 aromatic carbocycles. The van der Waals surface area contributed by atoms with Gasteiger partial charge in [-0.1, -0.05) is 18.0 Å². The number of halogens is 3. The molecule has 1 saturated carbocycles. The first-order chi connectivity index (χ1) is 10.3. The van der Waals surface area contributed by atoms with E-state index in [4.69, 9.17) is 10.3 Å². The van der Waals surface area contributed by atoms with E-state index >= 15 is 0 Å². The third-order valence-electron chi connectivity index (χ3n) is 3.81. The molecule has 1 aliphatic carbocycles. The highest BCUT2D eigenvalue weighted by Crippen LogP contribution is 2.35. The molecule has 1 fully saturated rings. The maximum absolute atomic E-state index is 12.5. The first-order valence-electron chi connectivity index (χ1n) is 6.74. The molecule has 3 rings (SSSR count). The van der Waals surface area contributed by atoms with E-state index < -0.39 is 23.0 Å². The van der Waals surface area contributed by atoms with Crippen molar-refractivity contribution in [3.05, 3.63) is 34.0 Å². The Morgan fingerprint density at radius 3 is 2.55 bits per heavy atom. The molecule has 6 nitrogen and oxygen atoms in total. The Morgan fingerprint density at radius 2 is 1.95 bits per heavy atom. The largest absolute Gasteiger partial charge is 0.431 e. The molecular weight excluding hydrogens is 301 g/mol. The highest BCUT2D eigenvalue weighted by atomic mass is 19.4. The Morgan fingerprint density at radius 1 is 1.27 bits per heavy atom. The summed E-state index contributed by atoms with van der Waals surface area (Å²) in [5.41, 5.74) is 3.29. The summed E-state index contributed by atoms with van der Waals surface area (Å²) in [4.78, 5) is 17.6. The molecule has 3 N–H and O–H groups in total. The van der Waals surface area contributed by atoms with Gasteiger partial charge >= 0.3 is 6.18 Å². The van der Waals surface area contributed by atoms with Gasteiger partial charge in [0.15, 0.2) is 5.82 Å². The van der Waals surface area contributed by atoms with Gasteiger partial charge in [0, 0.05) is 0 Å². The van der Waals surface area contributed by atoms with Gasteiger partial charge in [0.1, 0.15) is 11.3 Å². The van der Waals surface area contributed by atoms with Crippen LogP contribution in [0, 0.1) is 0 Å². The highest BCUT2D eigenvalue weighted by Gasteiger charge is 2.36. The van der Waals surface area contributed by atoms with Crippen LogP contribution in [0.5, 0.6) is 0 Å². The maximum atomic E-state index is 12.5. The number of H-pyrrole nitrogens is 1. The van der Waals surface area contributed by atoms with E-state index in [0.29, 0.717) is 12.8 Å². The van der Waals surface area contributed by atoms with Gasteiger partial charge in [-0.3, -0.25) is 4.79 Å². The number of hydrogen-bond acceptors (Lipinski definition) is 5. The average molecular weight is 314 g/mol. The minimum atomic E-state index is -4.62. The van der Waals surface area contributed by atoms with Crippen LogP contribution >= 0.6 is 0 Å². The molecule has 0 saturated heterocycles. The van der Waals surface area contributed by atoms with E-state index in [9.17, 15) is 18.0 Å². The summed E-state index contributed by atoms with van der Waals surface area (Å²) in [6.45, 7) is 0. The Kier molecular flexibility index (Phi) is 3.32. The molecule has 0 aliphatic heterocycles. The Balaban J connectivity index is 1.96. The zero-order valence-electron chi connectivity index (χ0n) is 11.4. The Bertz CT molecular complexity index is 744. The summed E-state index contributed by atoms with van der Waals surface area (Å²) in [7, 11) is 0. The van der Waals surface area contributed by atoms with Crippen molar-refractivity contribution >= 4 is 0 Å². The molecule has 0 atom stereocenters. The molecule has 0 bridgehead atoms. The van der Waals surface area contributed by atoms with Crippen LogP contribution < -0.4 is 11.3 Å². The summed E-state index contributed by atoms with van der Waals surface area (Å²) >= 11 is 0. The van der Waals surface area contributed by atoms with Gasteiger partial charge in [-0.15, -0.1) is 0 Å². The fourth-order valence-electron chi connectivity index (χ4n) is 2.57. The number of aromatic amines is 1. The van der Waals surface area contributed by atoms with Gasteiger partial charge in [0.05, 0.1) is 5.54 Å². The SMILES string of the molecule is NC1(c2noc(-c3ccc(C(F)(F)F)[nH]c3=O)n2)CCCC1. The number of aromatic nitrogens is 3. The van der Waals surface area contributed by atoms with Gasteiger partial charge in [0.25, 0.3) is 11.4 Å². The third kappa shape index (κ3) is 2.52. The molecule has 0 spiro atoms. The fraction of sp³-hybridized carbons (Fsp3) is 0.462. The predicted molar refractivity (Wildman–Crippen MR) is 69.7 cm³/mol. The predicted octanol–water partition coefficient (Wildman–Crippen LogP) is 2.17. The fourth-order valence-corrected chi connectivity index (χ4v) is 2.57. The van der Waals surface area contributed by atoms with Crippen molar-refractivity contribution in [3.63, 3.8) is 0 Å². The van der Waals surface area contributed by atoms with Crippen molar-refractivity contribution in [2.75, 3.05) is 0 Å². The van der Waals surface area contributed by atoms with Crippen LogP contribution in [0.4, 0.5) is 13.2 Å². The quantitative estimate of drug-likeness (QED) is 0.885. The molecule has 2 aromatic rings. The molecule has 1 aliphatic rings. The van der Waals surface area contributed by atoms with Crippen molar-refractivity contribution < 1.29 is 17.7 Å². The minimum Gasteiger partial charge on any atom is -0.334 e. The summed E-state index contributed by atoms with van der Waals surface area (Å²) < 4.78 is 42.6. The number of nitrogens with zero attached hydrogens (tertiary/aromatic N) is 2. The second kappa shape index (κ2) is 4.94. The maximum Gasteiger partial charge on any atom is 0.431 e. The zero-order chi connectivity index (χ0) is 16.0. The minimum absolute atomic E-state index is 0.117. The third-order valence-corrected chi connectivity index (χ3v) is 3.81. The first kappa shape index (κ1) is 14.8. The van der Waals surface area contributed by atoms with Crippen molar-refractivity contribution in [3.8, 4) is 11.5 Å². The van der Waals surface area contributed by atoms with E-state index in [1.807, 2.05) is 0 Å². The van der Waals surface area contributed by atoms with Crippen molar-refractivity contribution in [2.45, 2.75) is 37.4 Å². The lowest BCUT2D eigenvalue weighted by Crippen LogP contribution is -2.34. The number of nitrogens with two attached hydrogens (primary N) is 1. The normalized spacial score (nSPS) is 17.8. The lowest BCUT2D eigenvalue weighted by molar-refractivity contribution is -0.141. The first-order valence-corrected chi connectivity index (χ1v) is 6.74. The topological polar surface area (TPSA) is 97.8 Å². The molecule has 0 radical (unpaired) electrons. The Hall–Kier alpha value is -2.16. The average Bonchev–Trinajstić information content (AvgIpc) is 3.07. The number of rotatable bonds is 2. The van der Waals surface area contributed by atoms with E-state index in [-0.39, 0.29) is 17.3 Å². The van der Waals surface area contributed by atoms with Crippen LogP contribution in [-0.2, 0) is 11.7 Å². The van der Waals surface area contributed by atoms with Crippen molar-refractivity contribution in [1.82, 2.24) is 15.1 Å². The van der Waals surface area contributed by atoms with Gasteiger partial charge in [-0.05, 0) is 25.0 Å². The zero-order valence-corrected chi connectivity index (χ0v) is 11.4. The summed E-state index contributed by atoms with van der Waals surface area (Å²) in [6, 6.07) is 1.77. The number of hydrogen-bond donors (Lipinski definition) is 2. The molecule has 22 heavy (non-hydrogen) atoms. The molecular formula is C13H13F3N4O2. The van der Waals surface area contributed by atoms with Crippen LogP contribution in [0.2, 0.25) is 0 Å². The smallest absolute Gasteiger partial charge is 0.334 e. The van der Waals surface area contributed by atoms with Crippen LogP contribution in [0.3, 0.4) is 0 Å². The highest BCUT2D eigenvalue weighted by molar-refractivity contribution is 5.51. The van der Waals surface area contributed by atoms with Crippen LogP contribution in [0.15, 0.2) is 21.5 Å². The second-order valence-electron chi connectivity index (χ2n) is 5.40. The number of alkyl halides is 3. The van der Waals surface area contributed by atoms with Gasteiger partial charge in [0.2, 0.25) is 0 Å². The van der Waals surface area contributed by atoms with Gasteiger partial charge in [-0.25, -0.2) is 0 Å². The molecule has 9 heteroatoms. The second-order valence-corrected chi connectivity index (χ2v) is 5.40. The summed E-state index contributed by atoms with van der Waals surface area (Å²) in [6.07, 6.45) is -1.32. The van der Waals surface area contributed by atoms with Gasteiger partial charge in [-0.2, -0.15) is 18.2 Å². The molecule has 2 aromatic heterocycles. The number of nitrogens with one attached hydrogen (secondary N) is 1. The molecule has 2 heterocycles. The lowest BCUT2D eigenvalue weighted by Gasteiger charge is -2.17. The van der Waals surface area contributed by atoms with E-state index in [1.54, 1.807) is 4.98 Å². The van der Waals surface area contributed by atoms with Crippen molar-refractivity contribution in [2.24, 2.45) is 5.73 Å². The molecule has 0 unspecified atom stereocenters. The van der Waals surface area contributed by atoms with Crippen LogP contribution in [0.25, 0.3) is 11.5 Å². The summed E-state index contributed by atoms with van der Waals surface area (Å²) in [5.74, 6) is 0.140. The standard InChI is InChI=1S/C13H13F3N4O2/c14-13(15,16)8-4-3-7(9(21)18-8)10-19-11(20-22-10)12(17)5-1-2-6-12/h3-4H,1-2,5-6,17H2,(H,18,21). The van der Waals surface area contributed by atoms with E-state index in [1.165, 1.54) is 0 Å². The number of pyridine rings is 1. The monoisotopic (exact) mass is 314 g/mol.